The number of halogens is 1. The third-order valence-electron chi connectivity index (χ3n) is 5.46. The van der Waals surface area contributed by atoms with Gasteiger partial charge in [0.15, 0.2) is 0 Å². The molecule has 0 radical (unpaired) electrons. The number of hydrogen-bond donors (Lipinski definition) is 0. The molecule has 3 aromatic rings. The number of amides is 1. The summed E-state index contributed by atoms with van der Waals surface area (Å²) in [6, 6.07) is 18.1. The molecule has 144 valence electrons. The summed E-state index contributed by atoms with van der Waals surface area (Å²) in [4.78, 5) is 13.9. The molecule has 0 spiro atoms. The average Bonchev–Trinajstić information content (AvgIpc) is 3.12. The summed E-state index contributed by atoms with van der Waals surface area (Å²) in [7, 11) is 0. The zero-order valence-corrected chi connectivity index (χ0v) is 15.5. The summed E-state index contributed by atoms with van der Waals surface area (Å²) in [6.45, 7) is 0.957. The quantitative estimate of drug-likeness (QED) is 0.668. The number of benzene rings is 2. The molecule has 3 heterocycles. The highest BCUT2D eigenvalue weighted by atomic mass is 19.1. The molecule has 2 atom stereocenters. The highest BCUT2D eigenvalue weighted by Gasteiger charge is 2.42. The second kappa shape index (κ2) is 7.13. The largest absolute Gasteiger partial charge is 0.447 e. The van der Waals surface area contributed by atoms with Crippen molar-refractivity contribution in [1.29, 1.82) is 0 Å². The van der Waals surface area contributed by atoms with Crippen molar-refractivity contribution < 1.29 is 13.9 Å². The molecule has 1 fully saturated rings. The number of ether oxygens (including phenoxy) is 1. The molecule has 5 rings (SSSR count). The second-order valence-electron chi connectivity index (χ2n) is 7.21. The van der Waals surface area contributed by atoms with Gasteiger partial charge in [-0.15, -0.1) is 5.10 Å². The van der Waals surface area contributed by atoms with Crippen molar-refractivity contribution in [3.05, 3.63) is 89.4 Å². The van der Waals surface area contributed by atoms with Crippen molar-refractivity contribution in [2.24, 2.45) is 0 Å². The first kappa shape index (κ1) is 17.6. The Hall–Kier alpha value is -3.54. The average molecular weight is 387 g/mol. The lowest BCUT2D eigenvalue weighted by molar-refractivity contribution is 0.154. The minimum absolute atomic E-state index is 0.0202. The van der Waals surface area contributed by atoms with E-state index in [1.165, 1.54) is 17.7 Å². The fourth-order valence-electron chi connectivity index (χ4n) is 4.01. The lowest BCUT2D eigenvalue weighted by Crippen LogP contribution is -2.41. The van der Waals surface area contributed by atoms with Gasteiger partial charge in [0.25, 0.3) is 0 Å². The van der Waals surface area contributed by atoms with Crippen molar-refractivity contribution in [1.82, 2.24) is 15.1 Å². The van der Waals surface area contributed by atoms with E-state index in [0.717, 1.165) is 5.56 Å². The Balaban J connectivity index is 1.42. The predicted octanol–water partition coefficient (Wildman–Crippen LogP) is 4.41. The Morgan fingerprint density at radius 2 is 1.97 bits per heavy atom. The molecule has 0 aliphatic carbocycles. The lowest BCUT2D eigenvalue weighted by atomic mass is 9.84. The monoisotopic (exact) mass is 387 g/mol. The predicted molar refractivity (Wildman–Crippen MR) is 106 cm³/mol. The van der Waals surface area contributed by atoms with Crippen LogP contribution in [-0.2, 0) is 11.3 Å². The van der Waals surface area contributed by atoms with E-state index >= 15 is 0 Å². The third-order valence-corrected chi connectivity index (χ3v) is 5.46. The number of carbonyl (C=O) groups excluding carboxylic acids is 1. The summed E-state index contributed by atoms with van der Waals surface area (Å²) >= 11 is 0. The fraction of sp³-hybridized carbons (Fsp3) is 0.174. The molecule has 1 saturated heterocycles. The number of hydrogen-bond acceptors (Lipinski definition) is 4. The number of rotatable bonds is 3. The van der Waals surface area contributed by atoms with E-state index in [4.69, 9.17) is 4.74 Å². The normalized spacial score (nSPS) is 20.4. The Morgan fingerprint density at radius 3 is 2.79 bits per heavy atom. The molecular weight excluding hydrogens is 369 g/mol. The SMILES string of the molecule is O=C1OC[C@@H]2C(/C=C/c3ccc(-c4cccc(F)c4)nn3)c3ccccc3CN12. The number of carbonyl (C=O) groups is 1. The Labute approximate surface area is 167 Å². The topological polar surface area (TPSA) is 55.3 Å². The van der Waals surface area contributed by atoms with Gasteiger partial charge in [-0.05, 0) is 41.5 Å². The van der Waals surface area contributed by atoms with Crippen molar-refractivity contribution >= 4 is 12.2 Å². The molecule has 6 heteroatoms. The van der Waals surface area contributed by atoms with Gasteiger partial charge in [0.2, 0.25) is 0 Å². The molecule has 29 heavy (non-hydrogen) atoms. The van der Waals surface area contributed by atoms with Gasteiger partial charge in [0, 0.05) is 18.0 Å². The summed E-state index contributed by atoms with van der Waals surface area (Å²) in [5.74, 6) is -0.279. The van der Waals surface area contributed by atoms with Crippen molar-refractivity contribution in [3.63, 3.8) is 0 Å². The van der Waals surface area contributed by atoms with E-state index in [1.807, 2.05) is 36.4 Å². The molecule has 0 N–H and O–H groups in total. The summed E-state index contributed by atoms with van der Waals surface area (Å²) in [5, 5.41) is 8.47. The van der Waals surface area contributed by atoms with Crippen LogP contribution in [0.15, 0.2) is 66.7 Å². The maximum atomic E-state index is 13.4. The zero-order valence-electron chi connectivity index (χ0n) is 15.5. The number of fused-ring (bicyclic) bond motifs is 2. The van der Waals surface area contributed by atoms with Gasteiger partial charge in [0.1, 0.15) is 12.4 Å². The van der Waals surface area contributed by atoms with Crippen molar-refractivity contribution in [3.8, 4) is 11.3 Å². The lowest BCUT2D eigenvalue weighted by Gasteiger charge is -2.34. The van der Waals surface area contributed by atoms with Crippen molar-refractivity contribution in [2.45, 2.75) is 18.5 Å². The van der Waals surface area contributed by atoms with Crippen LogP contribution in [0.3, 0.4) is 0 Å². The Morgan fingerprint density at radius 1 is 1.07 bits per heavy atom. The van der Waals surface area contributed by atoms with Gasteiger partial charge in [-0.2, -0.15) is 5.10 Å². The molecule has 2 aliphatic rings. The maximum absolute atomic E-state index is 13.4. The molecule has 0 saturated carbocycles. The summed E-state index contributed by atoms with van der Waals surface area (Å²) in [5.41, 5.74) is 4.33. The van der Waals surface area contributed by atoms with Crippen LogP contribution in [0.25, 0.3) is 17.3 Å². The van der Waals surface area contributed by atoms with E-state index in [0.29, 0.717) is 30.1 Å². The van der Waals surface area contributed by atoms with Crippen LogP contribution in [-0.4, -0.2) is 33.8 Å². The Bertz CT molecular complexity index is 1100. The van der Waals surface area contributed by atoms with Crippen LogP contribution in [0.1, 0.15) is 22.7 Å². The first-order valence-electron chi connectivity index (χ1n) is 9.48. The van der Waals surface area contributed by atoms with Gasteiger partial charge in [-0.3, -0.25) is 4.90 Å². The molecule has 5 nitrogen and oxygen atoms in total. The van der Waals surface area contributed by atoms with Crippen LogP contribution in [0, 0.1) is 5.82 Å². The maximum Gasteiger partial charge on any atom is 0.410 e. The van der Waals surface area contributed by atoms with Gasteiger partial charge in [-0.25, -0.2) is 9.18 Å². The molecule has 1 amide bonds. The third kappa shape index (κ3) is 3.27. The highest BCUT2D eigenvalue weighted by Crippen LogP contribution is 2.37. The van der Waals surface area contributed by atoms with E-state index in [2.05, 4.69) is 22.3 Å². The highest BCUT2D eigenvalue weighted by molar-refractivity contribution is 5.71. The van der Waals surface area contributed by atoms with Gasteiger partial charge < -0.3 is 4.74 Å². The van der Waals surface area contributed by atoms with Crippen LogP contribution in [0.4, 0.5) is 9.18 Å². The molecule has 1 unspecified atom stereocenters. The van der Waals surface area contributed by atoms with Gasteiger partial charge in [-0.1, -0.05) is 42.5 Å². The smallest absolute Gasteiger partial charge is 0.410 e. The molecule has 0 bridgehead atoms. The first-order valence-corrected chi connectivity index (χ1v) is 9.48. The van der Waals surface area contributed by atoms with Crippen LogP contribution < -0.4 is 0 Å². The Kier molecular flexibility index (Phi) is 4.31. The minimum atomic E-state index is -0.304. The minimum Gasteiger partial charge on any atom is -0.447 e. The van der Waals surface area contributed by atoms with Crippen molar-refractivity contribution in [2.75, 3.05) is 6.61 Å². The zero-order chi connectivity index (χ0) is 19.8. The van der Waals surface area contributed by atoms with Crippen LogP contribution in [0.5, 0.6) is 0 Å². The van der Waals surface area contributed by atoms with E-state index in [1.54, 1.807) is 17.0 Å². The van der Waals surface area contributed by atoms with Gasteiger partial charge in [0.05, 0.1) is 17.4 Å². The number of nitrogens with zero attached hydrogens (tertiary/aromatic N) is 3. The second-order valence-corrected chi connectivity index (χ2v) is 7.21. The molecule has 2 aliphatic heterocycles. The summed E-state index contributed by atoms with van der Waals surface area (Å²) < 4.78 is 18.7. The first-order chi connectivity index (χ1) is 14.2. The van der Waals surface area contributed by atoms with Crippen LogP contribution in [0.2, 0.25) is 0 Å². The van der Waals surface area contributed by atoms with E-state index in [9.17, 15) is 9.18 Å². The number of aromatic nitrogens is 2. The summed E-state index contributed by atoms with van der Waals surface area (Å²) in [6.07, 6.45) is 3.71. The van der Waals surface area contributed by atoms with Gasteiger partial charge >= 0.3 is 6.09 Å². The molecule has 1 aromatic heterocycles. The van der Waals surface area contributed by atoms with E-state index < -0.39 is 0 Å². The molecular formula is C23H18FN3O2. The molecule has 2 aromatic carbocycles. The van der Waals surface area contributed by atoms with Crippen LogP contribution >= 0.6 is 0 Å². The fourth-order valence-corrected chi connectivity index (χ4v) is 4.01. The van der Waals surface area contributed by atoms with E-state index in [-0.39, 0.29) is 23.9 Å². The number of cyclic esters (lactones) is 1. The standard InChI is InChI=1S/C23H18FN3O2/c24-17-6-3-5-15(12-17)21-11-9-18(25-26-21)8-10-20-19-7-2-1-4-16(19)13-27-22(20)14-29-23(27)28/h1-12,20,22H,13-14H2/b10-8+/t20?,22-/m1/s1.